The Morgan fingerprint density at radius 2 is 1.88 bits per heavy atom. The minimum absolute atomic E-state index is 0.271. The molecule has 1 aromatic carbocycles. The second-order valence-electron chi connectivity index (χ2n) is 6.90. The van der Waals surface area contributed by atoms with Crippen LogP contribution in [0.25, 0.3) is 11.3 Å². The molecule has 0 unspecified atom stereocenters. The van der Waals surface area contributed by atoms with Gasteiger partial charge in [0.2, 0.25) is 0 Å². The molecule has 2 heterocycles. The van der Waals surface area contributed by atoms with Crippen LogP contribution >= 0.6 is 0 Å². The number of fused-ring (bicyclic) bond motifs is 2. The zero-order valence-electron chi connectivity index (χ0n) is 13.3. The van der Waals surface area contributed by atoms with Gasteiger partial charge in [-0.2, -0.15) is 0 Å². The molecule has 0 spiro atoms. The van der Waals surface area contributed by atoms with Crippen molar-refractivity contribution >= 4 is 5.78 Å². The fourth-order valence-electron chi connectivity index (χ4n) is 4.03. The number of aromatic nitrogens is 2. The highest BCUT2D eigenvalue weighted by atomic mass is 16.1. The van der Waals surface area contributed by atoms with E-state index in [4.69, 9.17) is 0 Å². The van der Waals surface area contributed by atoms with Crippen molar-refractivity contribution < 1.29 is 4.79 Å². The molecule has 3 nitrogen and oxygen atoms in total. The molecule has 2 aromatic heterocycles. The van der Waals surface area contributed by atoms with E-state index in [1.54, 1.807) is 12.4 Å². The molecule has 5 rings (SSSR count). The third-order valence-corrected chi connectivity index (χ3v) is 5.35. The predicted molar refractivity (Wildman–Crippen MR) is 92.9 cm³/mol. The summed E-state index contributed by atoms with van der Waals surface area (Å²) >= 11 is 0. The van der Waals surface area contributed by atoms with Crippen molar-refractivity contribution in [2.45, 2.75) is 19.3 Å². The van der Waals surface area contributed by atoms with Crippen LogP contribution in [0.15, 0.2) is 54.9 Å². The summed E-state index contributed by atoms with van der Waals surface area (Å²) < 4.78 is 0. The molecular formula is C21H18N2O. The zero-order valence-corrected chi connectivity index (χ0v) is 13.3. The van der Waals surface area contributed by atoms with Gasteiger partial charge in [0, 0.05) is 41.6 Å². The van der Waals surface area contributed by atoms with E-state index in [2.05, 4.69) is 34.2 Å². The first-order chi connectivity index (χ1) is 11.8. The van der Waals surface area contributed by atoms with Gasteiger partial charge in [-0.1, -0.05) is 30.3 Å². The van der Waals surface area contributed by atoms with Gasteiger partial charge in [-0.05, 0) is 42.0 Å². The normalized spacial score (nSPS) is 21.2. The highest BCUT2D eigenvalue weighted by Gasteiger charge is 2.49. The van der Waals surface area contributed by atoms with Crippen LogP contribution in [-0.2, 0) is 12.8 Å². The van der Waals surface area contributed by atoms with Crippen LogP contribution < -0.4 is 0 Å². The average Bonchev–Trinajstić information content (AvgIpc) is 3.32. The maximum Gasteiger partial charge on any atom is 0.168 e. The number of aromatic amines is 1. The summed E-state index contributed by atoms with van der Waals surface area (Å²) in [5, 5.41) is 0. The number of carbonyl (C=O) groups excluding carboxylic acids is 1. The van der Waals surface area contributed by atoms with Crippen molar-refractivity contribution in [1.29, 1.82) is 0 Å². The Hall–Kier alpha value is -2.68. The Morgan fingerprint density at radius 3 is 2.67 bits per heavy atom. The summed E-state index contributed by atoms with van der Waals surface area (Å²) in [6.07, 6.45) is 6.48. The third kappa shape index (κ3) is 2.12. The quantitative estimate of drug-likeness (QED) is 0.793. The van der Waals surface area contributed by atoms with Crippen LogP contribution in [0.4, 0.5) is 0 Å². The second-order valence-corrected chi connectivity index (χ2v) is 6.90. The summed E-state index contributed by atoms with van der Waals surface area (Å²) in [5.74, 6) is 1.19. The number of carbonyl (C=O) groups is 1. The van der Waals surface area contributed by atoms with Gasteiger partial charge in [0.1, 0.15) is 0 Å². The van der Waals surface area contributed by atoms with Gasteiger partial charge in [0.25, 0.3) is 0 Å². The predicted octanol–water partition coefficient (Wildman–Crippen LogP) is 4.04. The number of hydrogen-bond donors (Lipinski definition) is 1. The standard InChI is InChI=1S/C21H18N2O/c24-21-16-11-15(16)12-18-19(21)17(10-13-4-2-1-3-5-13)20(23-18)14-6-8-22-9-7-14/h1-9,15-16,23H,10-12H2/t15-,16-/m1/s1. The van der Waals surface area contributed by atoms with Crippen LogP contribution in [0.2, 0.25) is 0 Å². The summed E-state index contributed by atoms with van der Waals surface area (Å²) in [6.45, 7) is 0. The molecular weight excluding hydrogens is 296 g/mol. The van der Waals surface area contributed by atoms with Gasteiger partial charge in [-0.15, -0.1) is 0 Å². The topological polar surface area (TPSA) is 45.8 Å². The highest BCUT2D eigenvalue weighted by molar-refractivity contribution is 6.05. The summed E-state index contributed by atoms with van der Waals surface area (Å²) in [4.78, 5) is 20.6. The Kier molecular flexibility index (Phi) is 2.96. The highest BCUT2D eigenvalue weighted by Crippen LogP contribution is 2.49. The number of hydrogen-bond acceptors (Lipinski definition) is 2. The molecule has 3 aromatic rings. The number of Topliss-reactive ketones (excluding diaryl/α,β-unsaturated/α-hetero) is 1. The number of benzene rings is 1. The number of pyridine rings is 1. The molecule has 118 valence electrons. The van der Waals surface area contributed by atoms with E-state index in [9.17, 15) is 4.79 Å². The Bertz CT molecular complexity index is 912. The van der Waals surface area contributed by atoms with Crippen molar-refractivity contribution in [2.24, 2.45) is 11.8 Å². The first-order valence-corrected chi connectivity index (χ1v) is 8.53. The lowest BCUT2D eigenvalue weighted by Gasteiger charge is -2.12. The molecule has 0 radical (unpaired) electrons. The summed E-state index contributed by atoms with van der Waals surface area (Å²) in [7, 11) is 0. The SMILES string of the molecule is O=C1c2c([nH]c(-c3ccncc3)c2Cc2ccccc2)C[C@H]2C[C@@H]12. The molecule has 0 saturated heterocycles. The fraction of sp³-hybridized carbons (Fsp3) is 0.238. The molecule has 24 heavy (non-hydrogen) atoms. The largest absolute Gasteiger partial charge is 0.358 e. The molecule has 1 saturated carbocycles. The van der Waals surface area contributed by atoms with E-state index in [-0.39, 0.29) is 5.92 Å². The maximum absolute atomic E-state index is 12.9. The third-order valence-electron chi connectivity index (χ3n) is 5.35. The van der Waals surface area contributed by atoms with Gasteiger partial charge in [-0.25, -0.2) is 0 Å². The van der Waals surface area contributed by atoms with Gasteiger partial charge < -0.3 is 4.98 Å². The van der Waals surface area contributed by atoms with E-state index in [1.165, 1.54) is 5.56 Å². The lowest BCUT2D eigenvalue weighted by molar-refractivity contribution is 0.0953. The molecule has 1 fully saturated rings. The average molecular weight is 314 g/mol. The van der Waals surface area contributed by atoms with E-state index in [1.807, 2.05) is 18.2 Å². The molecule has 2 aliphatic carbocycles. The monoisotopic (exact) mass is 314 g/mol. The minimum Gasteiger partial charge on any atom is -0.358 e. The number of ketones is 1. The smallest absolute Gasteiger partial charge is 0.168 e. The molecule has 1 N–H and O–H groups in total. The summed E-state index contributed by atoms with van der Waals surface area (Å²) in [5.41, 5.74) is 6.67. The zero-order chi connectivity index (χ0) is 16.1. The van der Waals surface area contributed by atoms with Crippen LogP contribution in [0, 0.1) is 11.8 Å². The number of nitrogens with zero attached hydrogens (tertiary/aromatic N) is 1. The molecule has 0 aliphatic heterocycles. The first kappa shape index (κ1) is 13.7. The molecule has 2 aliphatic rings. The second kappa shape index (κ2) is 5.17. The minimum atomic E-state index is 0.271. The number of nitrogens with one attached hydrogen (secondary N) is 1. The van der Waals surface area contributed by atoms with Crippen molar-refractivity contribution in [3.05, 3.63) is 77.2 Å². The van der Waals surface area contributed by atoms with Gasteiger partial charge in [-0.3, -0.25) is 9.78 Å². The number of rotatable bonds is 3. The van der Waals surface area contributed by atoms with Gasteiger partial charge in [0.15, 0.2) is 5.78 Å². The molecule has 0 amide bonds. The molecule has 2 atom stereocenters. The van der Waals surface area contributed by atoms with Crippen molar-refractivity contribution in [3.63, 3.8) is 0 Å². The van der Waals surface area contributed by atoms with Crippen molar-refractivity contribution in [2.75, 3.05) is 0 Å². The van der Waals surface area contributed by atoms with Crippen LogP contribution in [0.5, 0.6) is 0 Å². The maximum atomic E-state index is 12.9. The lowest BCUT2D eigenvalue weighted by Crippen LogP contribution is -2.14. The Labute approximate surface area is 140 Å². The Balaban J connectivity index is 1.67. The lowest BCUT2D eigenvalue weighted by atomic mass is 9.90. The van der Waals surface area contributed by atoms with Crippen LogP contribution in [0.3, 0.4) is 0 Å². The molecule has 3 heteroatoms. The Morgan fingerprint density at radius 1 is 1.08 bits per heavy atom. The van der Waals surface area contributed by atoms with Gasteiger partial charge in [0.05, 0.1) is 5.69 Å². The van der Waals surface area contributed by atoms with E-state index >= 15 is 0 Å². The van der Waals surface area contributed by atoms with Gasteiger partial charge >= 0.3 is 0 Å². The van der Waals surface area contributed by atoms with Crippen molar-refractivity contribution in [1.82, 2.24) is 9.97 Å². The van der Waals surface area contributed by atoms with E-state index in [0.717, 1.165) is 47.3 Å². The van der Waals surface area contributed by atoms with Crippen LogP contribution in [-0.4, -0.2) is 15.8 Å². The van der Waals surface area contributed by atoms with Crippen LogP contribution in [0.1, 0.15) is 33.6 Å². The van der Waals surface area contributed by atoms with E-state index in [0.29, 0.717) is 11.7 Å². The fourth-order valence-corrected chi connectivity index (χ4v) is 4.03. The van der Waals surface area contributed by atoms with Crippen molar-refractivity contribution in [3.8, 4) is 11.3 Å². The molecule has 0 bridgehead atoms. The number of H-pyrrole nitrogens is 1. The van der Waals surface area contributed by atoms with E-state index < -0.39 is 0 Å². The summed E-state index contributed by atoms with van der Waals surface area (Å²) in [6, 6.07) is 14.4. The first-order valence-electron chi connectivity index (χ1n) is 8.53.